The Hall–Kier alpha value is -0.800. The smallest absolute Gasteiger partial charge is 0.167 e. The van der Waals surface area contributed by atoms with Gasteiger partial charge in [-0.25, -0.2) is 0 Å². The molecule has 0 fully saturated rings. The number of hydrogen-bond acceptors (Lipinski definition) is 3. The Balaban J connectivity index is 2.86. The SMILES string of the molecule is ClON=Cc1cnccc1Cl. The molecule has 1 rings (SSSR count). The van der Waals surface area contributed by atoms with Crippen LogP contribution in [0.2, 0.25) is 5.02 Å². The molecule has 0 bridgehead atoms. The molecular weight excluding hydrogens is 187 g/mol. The van der Waals surface area contributed by atoms with Crippen molar-refractivity contribution in [2.75, 3.05) is 0 Å². The summed E-state index contributed by atoms with van der Waals surface area (Å²) in [6, 6.07) is 1.65. The van der Waals surface area contributed by atoms with E-state index in [1.807, 2.05) is 0 Å². The molecule has 58 valence electrons. The maximum absolute atomic E-state index is 5.73. The van der Waals surface area contributed by atoms with E-state index in [1.54, 1.807) is 18.5 Å². The van der Waals surface area contributed by atoms with E-state index in [4.69, 9.17) is 23.5 Å². The first-order valence-electron chi connectivity index (χ1n) is 2.75. The van der Waals surface area contributed by atoms with Gasteiger partial charge in [-0.3, -0.25) is 9.37 Å². The quantitative estimate of drug-likeness (QED) is 0.530. The van der Waals surface area contributed by atoms with E-state index in [0.29, 0.717) is 10.6 Å². The van der Waals surface area contributed by atoms with Crippen molar-refractivity contribution in [3.05, 3.63) is 29.0 Å². The Bertz CT molecular complexity index is 265. The number of oxime groups is 1. The normalized spacial score (nSPS) is 10.4. The van der Waals surface area contributed by atoms with Gasteiger partial charge >= 0.3 is 0 Å². The summed E-state index contributed by atoms with van der Waals surface area (Å²) in [6.45, 7) is 0. The third-order valence-corrected chi connectivity index (χ3v) is 1.45. The molecule has 0 unspecified atom stereocenters. The lowest BCUT2D eigenvalue weighted by Crippen LogP contribution is -1.83. The van der Waals surface area contributed by atoms with E-state index in [2.05, 4.69) is 14.5 Å². The van der Waals surface area contributed by atoms with Gasteiger partial charge in [0.25, 0.3) is 0 Å². The zero-order valence-corrected chi connectivity index (χ0v) is 6.88. The lowest BCUT2D eigenvalue weighted by atomic mass is 10.3. The van der Waals surface area contributed by atoms with Crippen LogP contribution in [-0.4, -0.2) is 11.2 Å². The van der Waals surface area contributed by atoms with E-state index in [1.165, 1.54) is 6.21 Å². The summed E-state index contributed by atoms with van der Waals surface area (Å²) >= 11 is 10.6. The molecule has 0 N–H and O–H groups in total. The Morgan fingerprint density at radius 1 is 1.64 bits per heavy atom. The average molecular weight is 191 g/mol. The summed E-state index contributed by atoms with van der Waals surface area (Å²) in [5.74, 6) is 0. The number of nitrogens with zero attached hydrogens (tertiary/aromatic N) is 2. The second-order valence-electron chi connectivity index (χ2n) is 1.70. The molecule has 0 amide bonds. The summed E-state index contributed by atoms with van der Waals surface area (Å²) in [5.41, 5.74) is 0.662. The standard InChI is InChI=1S/C6H4Cl2N2O/c7-6-1-2-9-3-5(6)4-10-11-8/h1-4H. The van der Waals surface area contributed by atoms with Gasteiger partial charge in [0.1, 0.15) is 0 Å². The summed E-state index contributed by atoms with van der Waals surface area (Å²) in [5, 5.41) is 3.87. The fourth-order valence-electron chi connectivity index (χ4n) is 0.561. The number of aromatic nitrogens is 1. The largest absolute Gasteiger partial charge is 0.277 e. The Labute approximate surface area is 73.8 Å². The predicted octanol–water partition coefficient (Wildman–Crippen LogP) is 2.24. The van der Waals surface area contributed by atoms with Crippen LogP contribution in [0.4, 0.5) is 0 Å². The van der Waals surface area contributed by atoms with Gasteiger partial charge < -0.3 is 0 Å². The molecule has 1 aromatic heterocycles. The predicted molar refractivity (Wildman–Crippen MR) is 43.8 cm³/mol. The molecule has 3 nitrogen and oxygen atoms in total. The van der Waals surface area contributed by atoms with Gasteiger partial charge in [-0.05, 0) is 6.07 Å². The minimum absolute atomic E-state index is 0.553. The molecule has 5 heteroatoms. The van der Waals surface area contributed by atoms with Gasteiger partial charge in [-0.2, -0.15) is 0 Å². The highest BCUT2D eigenvalue weighted by atomic mass is 35.5. The van der Waals surface area contributed by atoms with Crippen LogP contribution in [0.3, 0.4) is 0 Å². The van der Waals surface area contributed by atoms with Crippen LogP contribution >= 0.6 is 23.5 Å². The summed E-state index contributed by atoms with van der Waals surface area (Å²) in [7, 11) is 0. The van der Waals surface area contributed by atoms with E-state index in [-0.39, 0.29) is 0 Å². The highest BCUT2D eigenvalue weighted by Crippen LogP contribution is 2.10. The van der Waals surface area contributed by atoms with E-state index in [0.717, 1.165) is 0 Å². The molecule has 1 aromatic rings. The van der Waals surface area contributed by atoms with Crippen molar-refractivity contribution < 1.29 is 4.39 Å². The van der Waals surface area contributed by atoms with Crippen LogP contribution in [0.25, 0.3) is 0 Å². The molecule has 0 aliphatic heterocycles. The molecular formula is C6H4Cl2N2O. The van der Waals surface area contributed by atoms with Gasteiger partial charge in [0.2, 0.25) is 0 Å². The third kappa shape index (κ3) is 2.37. The van der Waals surface area contributed by atoms with Crippen molar-refractivity contribution in [2.24, 2.45) is 5.16 Å². The minimum Gasteiger partial charge on any atom is -0.277 e. The number of hydrogen-bond donors (Lipinski definition) is 0. The molecule has 11 heavy (non-hydrogen) atoms. The van der Waals surface area contributed by atoms with Crippen molar-refractivity contribution >= 4 is 29.7 Å². The Kier molecular flexibility index (Phi) is 3.14. The maximum atomic E-state index is 5.73. The van der Waals surface area contributed by atoms with E-state index < -0.39 is 0 Å². The molecule has 0 aliphatic carbocycles. The zero-order chi connectivity index (χ0) is 8.10. The van der Waals surface area contributed by atoms with Crippen molar-refractivity contribution in [1.82, 2.24) is 4.98 Å². The second kappa shape index (κ2) is 4.16. The van der Waals surface area contributed by atoms with Crippen LogP contribution in [0, 0.1) is 0 Å². The first kappa shape index (κ1) is 8.30. The minimum atomic E-state index is 0.553. The summed E-state index contributed by atoms with van der Waals surface area (Å²) in [4.78, 5) is 3.82. The van der Waals surface area contributed by atoms with Crippen molar-refractivity contribution in [3.8, 4) is 0 Å². The third-order valence-electron chi connectivity index (χ3n) is 1.03. The number of halogens is 2. The van der Waals surface area contributed by atoms with Gasteiger partial charge in [0, 0.05) is 18.0 Å². The lowest BCUT2D eigenvalue weighted by molar-refractivity contribution is 0.383. The van der Waals surface area contributed by atoms with Crippen LogP contribution in [0.1, 0.15) is 5.56 Å². The molecule has 0 atom stereocenters. The maximum Gasteiger partial charge on any atom is 0.167 e. The van der Waals surface area contributed by atoms with Crippen LogP contribution in [-0.2, 0) is 4.39 Å². The first-order valence-corrected chi connectivity index (χ1v) is 3.44. The van der Waals surface area contributed by atoms with Gasteiger partial charge in [0.05, 0.1) is 11.2 Å². The van der Waals surface area contributed by atoms with Crippen LogP contribution < -0.4 is 0 Å². The second-order valence-corrected chi connectivity index (χ2v) is 2.25. The monoisotopic (exact) mass is 190 g/mol. The van der Waals surface area contributed by atoms with Crippen molar-refractivity contribution in [3.63, 3.8) is 0 Å². The molecule has 0 saturated heterocycles. The summed E-state index contributed by atoms with van der Waals surface area (Å²) < 4.78 is 3.96. The Morgan fingerprint density at radius 2 is 2.45 bits per heavy atom. The first-order chi connectivity index (χ1) is 5.34. The average Bonchev–Trinajstić information content (AvgIpc) is 2.03. The fourth-order valence-corrected chi connectivity index (χ4v) is 0.755. The van der Waals surface area contributed by atoms with Crippen molar-refractivity contribution in [1.29, 1.82) is 0 Å². The fraction of sp³-hybridized carbons (Fsp3) is 0. The summed E-state index contributed by atoms with van der Waals surface area (Å²) in [6.07, 6.45) is 4.52. The van der Waals surface area contributed by atoms with Crippen LogP contribution in [0.5, 0.6) is 0 Å². The topological polar surface area (TPSA) is 34.5 Å². The highest BCUT2D eigenvalue weighted by Gasteiger charge is 1.94. The number of rotatable bonds is 2. The highest BCUT2D eigenvalue weighted by molar-refractivity contribution is 6.33. The Morgan fingerprint density at radius 3 is 3.09 bits per heavy atom. The van der Waals surface area contributed by atoms with Crippen molar-refractivity contribution in [2.45, 2.75) is 0 Å². The molecule has 0 aromatic carbocycles. The lowest BCUT2D eigenvalue weighted by Gasteiger charge is -1.92. The van der Waals surface area contributed by atoms with Gasteiger partial charge in [0.15, 0.2) is 11.9 Å². The molecule has 0 spiro atoms. The zero-order valence-electron chi connectivity index (χ0n) is 5.37. The van der Waals surface area contributed by atoms with Gasteiger partial charge in [-0.1, -0.05) is 16.8 Å². The van der Waals surface area contributed by atoms with Gasteiger partial charge in [-0.15, -0.1) is 0 Å². The number of pyridine rings is 1. The molecule has 1 heterocycles. The van der Waals surface area contributed by atoms with E-state index >= 15 is 0 Å². The molecule has 0 aliphatic rings. The molecule has 0 radical (unpaired) electrons. The van der Waals surface area contributed by atoms with Crippen LogP contribution in [0.15, 0.2) is 23.6 Å². The molecule has 0 saturated carbocycles. The van der Waals surface area contributed by atoms with E-state index in [9.17, 15) is 0 Å².